The van der Waals surface area contributed by atoms with Crippen LogP contribution in [0.4, 0.5) is 23.2 Å². The molecule has 0 bridgehead atoms. The van der Waals surface area contributed by atoms with Gasteiger partial charge in [-0.2, -0.15) is 0 Å². The molecule has 0 aliphatic heterocycles. The van der Waals surface area contributed by atoms with Gasteiger partial charge in [0.25, 0.3) is 0 Å². The van der Waals surface area contributed by atoms with Crippen LogP contribution >= 0.6 is 0 Å². The van der Waals surface area contributed by atoms with Gasteiger partial charge in [-0.25, -0.2) is 17.6 Å². The number of benzene rings is 1. The molecule has 19 heavy (non-hydrogen) atoms. The number of aliphatic hydroxyl groups is 1. The molecule has 0 amide bonds. The Morgan fingerprint density at radius 2 is 1.37 bits per heavy atom. The van der Waals surface area contributed by atoms with E-state index in [-0.39, 0.29) is 0 Å². The predicted molar refractivity (Wildman–Crippen MR) is 63.8 cm³/mol. The third-order valence-electron chi connectivity index (χ3n) is 2.18. The van der Waals surface area contributed by atoms with Crippen LogP contribution in [-0.2, 0) is 0 Å². The molecule has 0 fully saturated rings. The maximum Gasteiger partial charge on any atom is 0.186 e. The Labute approximate surface area is 108 Å². The average Bonchev–Trinajstić information content (AvgIpc) is 2.24. The summed E-state index contributed by atoms with van der Waals surface area (Å²) in [5, 5.41) is 9.33. The van der Waals surface area contributed by atoms with E-state index in [4.69, 9.17) is 0 Å². The predicted octanol–water partition coefficient (Wildman–Crippen LogP) is 2.43. The minimum Gasteiger partial charge on any atom is -0.378 e. The maximum absolute atomic E-state index is 13.6. The second-order valence-electron chi connectivity index (χ2n) is 4.68. The lowest BCUT2D eigenvalue weighted by Crippen LogP contribution is -2.17. The van der Waals surface area contributed by atoms with Gasteiger partial charge in [-0.1, -0.05) is 11.8 Å². The molecule has 1 N–H and O–H groups in total. The molecular weight excluding hydrogens is 262 g/mol. The molecule has 0 heterocycles. The van der Waals surface area contributed by atoms with Crippen LogP contribution in [0.2, 0.25) is 0 Å². The smallest absolute Gasteiger partial charge is 0.186 e. The van der Waals surface area contributed by atoms with Gasteiger partial charge in [0.05, 0.1) is 0 Å². The second-order valence-corrected chi connectivity index (χ2v) is 4.68. The van der Waals surface area contributed by atoms with Crippen molar-refractivity contribution in [2.45, 2.75) is 19.4 Å². The highest BCUT2D eigenvalue weighted by Crippen LogP contribution is 2.29. The number of hydrogen-bond donors (Lipinski definition) is 1. The van der Waals surface area contributed by atoms with Gasteiger partial charge in [-0.3, -0.25) is 0 Å². The van der Waals surface area contributed by atoms with Crippen LogP contribution in [-0.4, -0.2) is 24.8 Å². The number of hydrogen-bond acceptors (Lipinski definition) is 2. The summed E-state index contributed by atoms with van der Waals surface area (Å²) in [5.41, 5.74) is -3.39. The van der Waals surface area contributed by atoms with Gasteiger partial charge in [0.1, 0.15) is 16.9 Å². The van der Waals surface area contributed by atoms with Crippen LogP contribution in [0, 0.1) is 35.1 Å². The minimum absolute atomic E-state index is 0.816. The van der Waals surface area contributed by atoms with Crippen LogP contribution in [0.1, 0.15) is 19.4 Å². The van der Waals surface area contributed by atoms with E-state index in [2.05, 4.69) is 5.92 Å². The monoisotopic (exact) mass is 275 g/mol. The first-order valence-corrected chi connectivity index (χ1v) is 5.35. The van der Waals surface area contributed by atoms with E-state index in [0.29, 0.717) is 0 Å². The normalized spacial score (nSPS) is 11.0. The zero-order valence-corrected chi connectivity index (χ0v) is 10.9. The molecule has 2 nitrogen and oxygen atoms in total. The zero-order chi connectivity index (χ0) is 15.0. The van der Waals surface area contributed by atoms with Crippen molar-refractivity contribution >= 4 is 5.69 Å². The number of anilines is 1. The summed E-state index contributed by atoms with van der Waals surface area (Å²) in [7, 11) is 2.51. The number of nitrogens with zero attached hydrogens (tertiary/aromatic N) is 1. The summed E-state index contributed by atoms with van der Waals surface area (Å²) < 4.78 is 54.5. The molecule has 0 unspecified atom stereocenters. The largest absolute Gasteiger partial charge is 0.378 e. The molecule has 0 atom stereocenters. The van der Waals surface area contributed by atoms with Crippen molar-refractivity contribution in [3.8, 4) is 11.8 Å². The SMILES string of the molecule is CN(C)c1c(F)c(F)c(C#CC(C)(C)O)c(F)c1F. The summed E-state index contributed by atoms with van der Waals surface area (Å²) >= 11 is 0. The molecular formula is C13H13F4NO. The van der Waals surface area contributed by atoms with Gasteiger partial charge in [0.15, 0.2) is 23.3 Å². The van der Waals surface area contributed by atoms with Crippen molar-refractivity contribution in [1.82, 2.24) is 0 Å². The van der Waals surface area contributed by atoms with E-state index >= 15 is 0 Å². The molecule has 0 aliphatic rings. The highest BCUT2D eigenvalue weighted by atomic mass is 19.2. The summed E-state index contributed by atoms with van der Waals surface area (Å²) in [6.07, 6.45) is 0. The first-order chi connectivity index (χ1) is 8.56. The van der Waals surface area contributed by atoms with Crippen molar-refractivity contribution in [2.24, 2.45) is 0 Å². The van der Waals surface area contributed by atoms with Gasteiger partial charge >= 0.3 is 0 Å². The molecule has 1 rings (SSSR count). The molecule has 1 aromatic rings. The molecule has 0 aromatic heterocycles. The molecule has 0 saturated carbocycles. The Kier molecular flexibility index (Phi) is 4.11. The van der Waals surface area contributed by atoms with Crippen molar-refractivity contribution in [3.63, 3.8) is 0 Å². The molecule has 1 aromatic carbocycles. The van der Waals surface area contributed by atoms with Crippen LogP contribution in [0.3, 0.4) is 0 Å². The highest BCUT2D eigenvalue weighted by molar-refractivity contribution is 5.54. The van der Waals surface area contributed by atoms with E-state index in [0.717, 1.165) is 4.90 Å². The van der Waals surface area contributed by atoms with E-state index < -0.39 is 40.1 Å². The number of halogens is 4. The van der Waals surface area contributed by atoms with Gasteiger partial charge in [0.2, 0.25) is 0 Å². The lowest BCUT2D eigenvalue weighted by molar-refractivity contribution is 0.143. The van der Waals surface area contributed by atoms with Gasteiger partial charge in [-0.05, 0) is 13.8 Å². The Bertz CT molecular complexity index is 536. The highest BCUT2D eigenvalue weighted by Gasteiger charge is 2.25. The third kappa shape index (κ3) is 3.18. The quantitative estimate of drug-likeness (QED) is 0.483. The average molecular weight is 275 g/mol. The van der Waals surface area contributed by atoms with Crippen molar-refractivity contribution < 1.29 is 22.7 Å². The second kappa shape index (κ2) is 5.10. The van der Waals surface area contributed by atoms with E-state index in [1.807, 2.05) is 5.92 Å². The third-order valence-corrected chi connectivity index (χ3v) is 2.18. The first kappa shape index (κ1) is 15.3. The molecule has 0 saturated heterocycles. The van der Waals surface area contributed by atoms with Crippen LogP contribution in [0.25, 0.3) is 0 Å². The lowest BCUT2D eigenvalue weighted by atomic mass is 10.1. The van der Waals surface area contributed by atoms with Gasteiger partial charge in [-0.15, -0.1) is 0 Å². The Morgan fingerprint density at radius 3 is 1.68 bits per heavy atom. The molecule has 0 aliphatic carbocycles. The van der Waals surface area contributed by atoms with Crippen LogP contribution < -0.4 is 4.90 Å². The van der Waals surface area contributed by atoms with E-state index in [1.54, 1.807) is 0 Å². The molecule has 0 spiro atoms. The standard InChI is InChI=1S/C13H13F4NO/c1-13(2,19)6-5-7-8(14)10(16)12(18(3)4)11(17)9(7)15/h19H,1-4H3. The van der Waals surface area contributed by atoms with Crippen LogP contribution in [0.5, 0.6) is 0 Å². The molecule has 6 heteroatoms. The minimum atomic E-state index is -1.58. The van der Waals surface area contributed by atoms with E-state index in [1.165, 1.54) is 27.9 Å². The van der Waals surface area contributed by atoms with Crippen molar-refractivity contribution in [3.05, 3.63) is 28.8 Å². The fourth-order valence-corrected chi connectivity index (χ4v) is 1.34. The zero-order valence-electron chi connectivity index (χ0n) is 10.9. The van der Waals surface area contributed by atoms with Gasteiger partial charge < -0.3 is 10.0 Å². The molecule has 0 radical (unpaired) electrons. The Hall–Kier alpha value is -1.74. The van der Waals surface area contributed by atoms with E-state index in [9.17, 15) is 22.7 Å². The summed E-state index contributed by atoms with van der Waals surface area (Å²) in [5.74, 6) is -2.19. The fraction of sp³-hybridized carbons (Fsp3) is 0.385. The lowest BCUT2D eigenvalue weighted by Gasteiger charge is -2.16. The van der Waals surface area contributed by atoms with Crippen LogP contribution in [0.15, 0.2) is 0 Å². The van der Waals surface area contributed by atoms with Gasteiger partial charge in [0, 0.05) is 14.1 Å². The van der Waals surface area contributed by atoms with Crippen molar-refractivity contribution in [2.75, 3.05) is 19.0 Å². The summed E-state index contributed by atoms with van der Waals surface area (Å²) in [6.45, 7) is 2.55. The Morgan fingerprint density at radius 1 is 0.947 bits per heavy atom. The van der Waals surface area contributed by atoms with Crippen molar-refractivity contribution in [1.29, 1.82) is 0 Å². The number of rotatable bonds is 1. The summed E-state index contributed by atoms with van der Waals surface area (Å²) in [4.78, 5) is 0.921. The topological polar surface area (TPSA) is 23.5 Å². The fourth-order valence-electron chi connectivity index (χ4n) is 1.34. The first-order valence-electron chi connectivity index (χ1n) is 5.35. The summed E-state index contributed by atoms with van der Waals surface area (Å²) in [6, 6.07) is 0. The Balaban J connectivity index is 3.57. The maximum atomic E-state index is 13.6. The molecule has 104 valence electrons.